The second-order valence-electron chi connectivity index (χ2n) is 4.18. The number of hydrogen-bond donors (Lipinski definition) is 1. The highest BCUT2D eigenvalue weighted by atomic mass is 19.4. The number of rotatable bonds is 1. The van der Waals surface area contributed by atoms with Crippen molar-refractivity contribution >= 4 is 11.0 Å². The lowest BCUT2D eigenvalue weighted by molar-refractivity contribution is -0.141. The Morgan fingerprint density at radius 3 is 2.50 bits per heavy atom. The van der Waals surface area contributed by atoms with Gasteiger partial charge in [-0.25, -0.2) is 9.78 Å². The topological polar surface area (TPSA) is 50.7 Å². The van der Waals surface area contributed by atoms with Crippen molar-refractivity contribution in [3.05, 3.63) is 58.8 Å². The Labute approximate surface area is 110 Å². The Bertz CT molecular complexity index is 815. The van der Waals surface area contributed by atoms with Gasteiger partial charge in [0.1, 0.15) is 5.69 Å². The van der Waals surface area contributed by atoms with Crippen molar-refractivity contribution in [3.63, 3.8) is 0 Å². The number of nitrogens with one attached hydrogen (secondary N) is 1. The predicted molar refractivity (Wildman–Crippen MR) is 66.7 cm³/mol. The molecule has 0 atom stereocenters. The Kier molecular flexibility index (Phi) is 2.63. The second kappa shape index (κ2) is 4.22. The molecule has 0 saturated carbocycles. The maximum atomic E-state index is 12.5. The molecule has 1 N–H and O–H groups in total. The van der Waals surface area contributed by atoms with Gasteiger partial charge in [0, 0.05) is 0 Å². The molecule has 0 fully saturated rings. The molecule has 0 spiro atoms. The van der Waals surface area contributed by atoms with Crippen LogP contribution in [0, 0.1) is 0 Å². The zero-order valence-corrected chi connectivity index (χ0v) is 9.98. The van der Waals surface area contributed by atoms with E-state index in [1.165, 1.54) is 10.6 Å². The normalized spacial score (nSPS) is 11.9. The summed E-state index contributed by atoms with van der Waals surface area (Å²) in [6.07, 6.45) is -3.46. The molecule has 3 rings (SSSR count). The Morgan fingerprint density at radius 1 is 1.10 bits per heavy atom. The predicted octanol–water partition coefficient (Wildman–Crippen LogP) is 2.73. The quantitative estimate of drug-likeness (QED) is 0.744. The highest BCUT2D eigenvalue weighted by molar-refractivity contribution is 5.77. The maximum Gasteiger partial charge on any atom is 0.433 e. The van der Waals surface area contributed by atoms with Crippen molar-refractivity contribution in [2.24, 2.45) is 0 Å². The third kappa shape index (κ3) is 1.97. The van der Waals surface area contributed by atoms with Crippen molar-refractivity contribution in [1.82, 2.24) is 14.5 Å². The molecule has 7 heteroatoms. The van der Waals surface area contributed by atoms with E-state index in [2.05, 4.69) is 9.97 Å². The fourth-order valence-corrected chi connectivity index (χ4v) is 2.00. The van der Waals surface area contributed by atoms with Gasteiger partial charge in [0.05, 0.1) is 22.9 Å². The van der Waals surface area contributed by atoms with Crippen molar-refractivity contribution in [2.45, 2.75) is 6.18 Å². The van der Waals surface area contributed by atoms with Crippen LogP contribution in [0.15, 0.2) is 47.4 Å². The van der Waals surface area contributed by atoms with E-state index in [1.54, 1.807) is 24.3 Å². The summed E-state index contributed by atoms with van der Waals surface area (Å²) in [6.45, 7) is 0. The average Bonchev–Trinajstić information content (AvgIpc) is 2.73. The SMILES string of the molecule is O=c1[nH]c2ccccc2n1-c1ccc(C(F)(F)F)nc1. The summed E-state index contributed by atoms with van der Waals surface area (Å²) < 4.78 is 38.7. The van der Waals surface area contributed by atoms with Crippen LogP contribution in [0.2, 0.25) is 0 Å². The van der Waals surface area contributed by atoms with Gasteiger partial charge in [0.25, 0.3) is 0 Å². The van der Waals surface area contributed by atoms with Crippen LogP contribution in [0.4, 0.5) is 13.2 Å². The van der Waals surface area contributed by atoms with Gasteiger partial charge in [0.15, 0.2) is 0 Å². The lowest BCUT2D eigenvalue weighted by Crippen LogP contribution is -2.15. The van der Waals surface area contributed by atoms with E-state index in [0.29, 0.717) is 11.0 Å². The summed E-state index contributed by atoms with van der Waals surface area (Å²) in [6, 6.07) is 8.98. The van der Waals surface area contributed by atoms with Crippen LogP contribution in [-0.2, 0) is 6.18 Å². The third-order valence-corrected chi connectivity index (χ3v) is 2.89. The fraction of sp³-hybridized carbons (Fsp3) is 0.0769. The minimum Gasteiger partial charge on any atom is -0.305 e. The number of halogens is 3. The van der Waals surface area contributed by atoms with E-state index in [1.807, 2.05) is 0 Å². The smallest absolute Gasteiger partial charge is 0.305 e. The molecule has 3 aromatic rings. The van der Waals surface area contributed by atoms with Crippen LogP contribution in [-0.4, -0.2) is 14.5 Å². The van der Waals surface area contributed by atoms with Gasteiger partial charge in [-0.05, 0) is 24.3 Å². The number of fused-ring (bicyclic) bond motifs is 1. The highest BCUT2D eigenvalue weighted by Gasteiger charge is 2.32. The van der Waals surface area contributed by atoms with Gasteiger partial charge in [0.2, 0.25) is 0 Å². The van der Waals surface area contributed by atoms with Crippen LogP contribution < -0.4 is 5.69 Å². The second-order valence-corrected chi connectivity index (χ2v) is 4.18. The van der Waals surface area contributed by atoms with Gasteiger partial charge in [-0.2, -0.15) is 13.2 Å². The molecule has 0 bridgehead atoms. The Hall–Kier alpha value is -2.57. The summed E-state index contributed by atoms with van der Waals surface area (Å²) in [7, 11) is 0. The number of nitrogens with zero attached hydrogens (tertiary/aromatic N) is 2. The molecule has 1 aromatic carbocycles. The van der Waals surface area contributed by atoms with Crippen molar-refractivity contribution in [1.29, 1.82) is 0 Å². The molecule has 0 aliphatic heterocycles. The van der Waals surface area contributed by atoms with Gasteiger partial charge in [-0.1, -0.05) is 12.1 Å². The first-order valence-electron chi connectivity index (χ1n) is 5.70. The number of imidazole rings is 1. The molecule has 0 aliphatic carbocycles. The van der Waals surface area contributed by atoms with E-state index in [0.717, 1.165) is 12.3 Å². The molecule has 0 saturated heterocycles. The van der Waals surface area contributed by atoms with Crippen LogP contribution >= 0.6 is 0 Å². The molecule has 4 nitrogen and oxygen atoms in total. The monoisotopic (exact) mass is 279 g/mol. The lowest BCUT2D eigenvalue weighted by atomic mass is 10.3. The van der Waals surface area contributed by atoms with Gasteiger partial charge in [-0.15, -0.1) is 0 Å². The number of H-pyrrole nitrogens is 1. The molecule has 2 aromatic heterocycles. The minimum atomic E-state index is -4.50. The molecular weight excluding hydrogens is 271 g/mol. The van der Waals surface area contributed by atoms with E-state index in [-0.39, 0.29) is 5.69 Å². The number of alkyl halides is 3. The molecule has 0 aliphatic rings. The van der Waals surface area contributed by atoms with E-state index >= 15 is 0 Å². The van der Waals surface area contributed by atoms with Crippen LogP contribution in [0.5, 0.6) is 0 Å². The molecule has 0 radical (unpaired) electrons. The van der Waals surface area contributed by atoms with E-state index in [9.17, 15) is 18.0 Å². The summed E-state index contributed by atoms with van der Waals surface area (Å²) in [4.78, 5) is 17.9. The molecule has 0 unspecified atom stereocenters. The molecule has 0 amide bonds. The largest absolute Gasteiger partial charge is 0.433 e. The van der Waals surface area contributed by atoms with Gasteiger partial charge >= 0.3 is 11.9 Å². The standard InChI is InChI=1S/C13H8F3N3O/c14-13(15,16)11-6-5-8(7-17-11)19-10-4-2-1-3-9(10)18-12(19)20/h1-7H,(H,18,20). The zero-order valence-electron chi connectivity index (χ0n) is 9.98. The zero-order chi connectivity index (χ0) is 14.3. The van der Waals surface area contributed by atoms with Gasteiger partial charge < -0.3 is 4.98 Å². The molecule has 102 valence electrons. The molecule has 2 heterocycles. The van der Waals surface area contributed by atoms with Crippen LogP contribution in [0.25, 0.3) is 16.7 Å². The number of aromatic nitrogens is 3. The number of pyridine rings is 1. The number of hydrogen-bond acceptors (Lipinski definition) is 2. The summed E-state index contributed by atoms with van der Waals surface area (Å²) in [5, 5.41) is 0. The Balaban J connectivity index is 2.17. The summed E-state index contributed by atoms with van der Waals surface area (Å²) in [5.41, 5.74) is 0.0544. The number of benzene rings is 1. The lowest BCUT2D eigenvalue weighted by Gasteiger charge is -2.07. The maximum absolute atomic E-state index is 12.5. The van der Waals surface area contributed by atoms with Crippen molar-refractivity contribution in [3.8, 4) is 5.69 Å². The van der Waals surface area contributed by atoms with Gasteiger partial charge in [-0.3, -0.25) is 4.57 Å². The molecular formula is C13H8F3N3O. The fourth-order valence-electron chi connectivity index (χ4n) is 2.00. The first-order chi connectivity index (χ1) is 9.47. The van der Waals surface area contributed by atoms with Crippen LogP contribution in [0.1, 0.15) is 5.69 Å². The summed E-state index contributed by atoms with van der Waals surface area (Å²) in [5.74, 6) is 0. The highest BCUT2D eigenvalue weighted by Crippen LogP contribution is 2.27. The van der Waals surface area contributed by atoms with E-state index < -0.39 is 17.6 Å². The third-order valence-electron chi connectivity index (χ3n) is 2.89. The Morgan fingerprint density at radius 2 is 1.85 bits per heavy atom. The minimum absolute atomic E-state index is 0.278. The first kappa shape index (κ1) is 12.5. The average molecular weight is 279 g/mol. The number of aromatic amines is 1. The first-order valence-corrected chi connectivity index (χ1v) is 5.70. The number of para-hydroxylation sites is 2. The summed E-state index contributed by atoms with van der Waals surface area (Å²) >= 11 is 0. The van der Waals surface area contributed by atoms with Crippen molar-refractivity contribution in [2.75, 3.05) is 0 Å². The van der Waals surface area contributed by atoms with E-state index in [4.69, 9.17) is 0 Å². The van der Waals surface area contributed by atoms with Crippen LogP contribution in [0.3, 0.4) is 0 Å². The molecule has 20 heavy (non-hydrogen) atoms. The van der Waals surface area contributed by atoms with Crippen molar-refractivity contribution < 1.29 is 13.2 Å².